The van der Waals surface area contributed by atoms with Gasteiger partial charge in [-0.3, -0.25) is 9.79 Å². The molecule has 1 atom stereocenters. The molecule has 5 nitrogen and oxygen atoms in total. The van der Waals surface area contributed by atoms with Crippen LogP contribution >= 0.6 is 0 Å². The van der Waals surface area contributed by atoms with Crippen molar-refractivity contribution < 1.29 is 4.79 Å². The molecule has 1 amide bonds. The second-order valence-electron chi connectivity index (χ2n) is 7.36. The van der Waals surface area contributed by atoms with Crippen molar-refractivity contribution in [2.45, 2.75) is 52.0 Å². The van der Waals surface area contributed by atoms with Gasteiger partial charge < -0.3 is 15.5 Å². The predicted molar refractivity (Wildman–Crippen MR) is 108 cm³/mol. The minimum absolute atomic E-state index is 0.0714. The average Bonchev–Trinajstić information content (AvgIpc) is 3.12. The van der Waals surface area contributed by atoms with E-state index in [0.717, 1.165) is 44.9 Å². The van der Waals surface area contributed by atoms with E-state index in [0.29, 0.717) is 6.04 Å². The summed E-state index contributed by atoms with van der Waals surface area (Å²) in [4.78, 5) is 18.3. The molecule has 1 aromatic carbocycles. The SMILES string of the molecule is CN=C(NCCCCCc1ccccc1)NC1CCN(C(=O)C(C)C)C1. The third-order valence-corrected chi connectivity index (χ3v) is 4.84. The minimum atomic E-state index is 0.0714. The molecule has 2 rings (SSSR count). The molecule has 1 heterocycles. The van der Waals surface area contributed by atoms with E-state index in [4.69, 9.17) is 0 Å². The number of hydrogen-bond acceptors (Lipinski definition) is 2. The molecule has 0 aliphatic carbocycles. The highest BCUT2D eigenvalue weighted by molar-refractivity contribution is 5.81. The molecule has 2 N–H and O–H groups in total. The molecule has 1 aliphatic heterocycles. The van der Waals surface area contributed by atoms with Crippen LogP contribution in [0.25, 0.3) is 0 Å². The first-order chi connectivity index (χ1) is 12.6. The summed E-state index contributed by atoms with van der Waals surface area (Å²) >= 11 is 0. The van der Waals surface area contributed by atoms with Gasteiger partial charge in [0.2, 0.25) is 5.91 Å². The van der Waals surface area contributed by atoms with Crippen LogP contribution < -0.4 is 10.6 Å². The van der Waals surface area contributed by atoms with Gasteiger partial charge in [-0.05, 0) is 31.2 Å². The van der Waals surface area contributed by atoms with Crippen LogP contribution in [-0.2, 0) is 11.2 Å². The number of carbonyl (C=O) groups excluding carboxylic acids is 1. The zero-order valence-corrected chi connectivity index (χ0v) is 16.5. The molecular weight excluding hydrogens is 324 g/mol. The number of guanidine groups is 1. The highest BCUT2D eigenvalue weighted by atomic mass is 16.2. The Morgan fingerprint density at radius 2 is 2.00 bits per heavy atom. The Hall–Kier alpha value is -2.04. The smallest absolute Gasteiger partial charge is 0.225 e. The summed E-state index contributed by atoms with van der Waals surface area (Å²) in [6.45, 7) is 6.46. The first kappa shape index (κ1) is 20.3. The number of hydrogen-bond donors (Lipinski definition) is 2. The van der Waals surface area contributed by atoms with E-state index >= 15 is 0 Å². The Bertz CT molecular complexity index is 571. The molecule has 1 aromatic rings. The lowest BCUT2D eigenvalue weighted by Gasteiger charge is -2.20. The van der Waals surface area contributed by atoms with Crippen LogP contribution in [0.4, 0.5) is 0 Å². The monoisotopic (exact) mass is 358 g/mol. The molecule has 0 spiro atoms. The summed E-state index contributed by atoms with van der Waals surface area (Å²) in [5.41, 5.74) is 1.42. The van der Waals surface area contributed by atoms with Gasteiger partial charge in [0.1, 0.15) is 0 Å². The molecular formula is C21H34N4O. The molecule has 5 heteroatoms. The molecule has 1 fully saturated rings. The lowest BCUT2D eigenvalue weighted by Crippen LogP contribution is -2.45. The van der Waals surface area contributed by atoms with Gasteiger partial charge in [-0.1, -0.05) is 50.6 Å². The number of nitrogens with zero attached hydrogens (tertiary/aromatic N) is 2. The Morgan fingerprint density at radius 3 is 2.69 bits per heavy atom. The van der Waals surface area contributed by atoms with Crippen LogP contribution in [0.3, 0.4) is 0 Å². The summed E-state index contributed by atoms with van der Waals surface area (Å²) in [5, 5.41) is 6.85. The van der Waals surface area contributed by atoms with E-state index in [1.165, 1.54) is 18.4 Å². The first-order valence-corrected chi connectivity index (χ1v) is 9.90. The fourth-order valence-electron chi connectivity index (χ4n) is 3.31. The number of aryl methyl sites for hydroxylation is 1. The minimum Gasteiger partial charge on any atom is -0.356 e. The molecule has 0 bridgehead atoms. The lowest BCUT2D eigenvalue weighted by atomic mass is 10.1. The summed E-state index contributed by atoms with van der Waals surface area (Å²) in [6, 6.07) is 10.9. The number of aliphatic imine (C=N–C) groups is 1. The van der Waals surface area contributed by atoms with E-state index in [1.54, 1.807) is 7.05 Å². The van der Waals surface area contributed by atoms with Crippen molar-refractivity contribution in [3.05, 3.63) is 35.9 Å². The largest absolute Gasteiger partial charge is 0.356 e. The number of amides is 1. The van der Waals surface area contributed by atoms with Crippen LogP contribution in [0.1, 0.15) is 45.1 Å². The molecule has 1 saturated heterocycles. The molecule has 0 aromatic heterocycles. The van der Waals surface area contributed by atoms with Crippen molar-refractivity contribution in [1.82, 2.24) is 15.5 Å². The standard InChI is InChI=1S/C21H34N4O/c1-17(2)20(26)25-15-13-19(16-25)24-21(22-3)23-14-9-5-8-12-18-10-6-4-7-11-18/h4,6-7,10-11,17,19H,5,8-9,12-16H2,1-3H3,(H2,22,23,24). The van der Waals surface area contributed by atoms with E-state index in [1.807, 2.05) is 18.7 Å². The highest BCUT2D eigenvalue weighted by Crippen LogP contribution is 2.12. The van der Waals surface area contributed by atoms with Crippen LogP contribution in [0.2, 0.25) is 0 Å². The van der Waals surface area contributed by atoms with E-state index in [-0.39, 0.29) is 11.8 Å². The van der Waals surface area contributed by atoms with E-state index < -0.39 is 0 Å². The van der Waals surface area contributed by atoms with Crippen molar-refractivity contribution in [2.75, 3.05) is 26.7 Å². The van der Waals surface area contributed by atoms with Crippen molar-refractivity contribution in [3.8, 4) is 0 Å². The Labute approximate surface area is 158 Å². The zero-order valence-electron chi connectivity index (χ0n) is 16.5. The molecule has 144 valence electrons. The Balaban J connectivity index is 1.59. The summed E-state index contributed by atoms with van der Waals surface area (Å²) in [6.07, 6.45) is 5.69. The first-order valence-electron chi connectivity index (χ1n) is 9.90. The van der Waals surface area contributed by atoms with E-state index in [2.05, 4.69) is 46.0 Å². The second kappa shape index (κ2) is 10.8. The third-order valence-electron chi connectivity index (χ3n) is 4.84. The Kier molecular flexibility index (Phi) is 8.45. The van der Waals surface area contributed by atoms with Gasteiger partial charge in [0.05, 0.1) is 0 Å². The number of benzene rings is 1. The maximum atomic E-state index is 12.1. The number of unbranched alkanes of at least 4 members (excludes halogenated alkanes) is 2. The summed E-state index contributed by atoms with van der Waals surface area (Å²) < 4.78 is 0. The lowest BCUT2D eigenvalue weighted by molar-refractivity contribution is -0.133. The van der Waals surface area contributed by atoms with Crippen LogP contribution in [0, 0.1) is 5.92 Å². The Morgan fingerprint density at radius 1 is 1.23 bits per heavy atom. The molecule has 1 aliphatic rings. The van der Waals surface area contributed by atoms with Crippen LogP contribution in [-0.4, -0.2) is 49.5 Å². The predicted octanol–water partition coefficient (Wildman–Crippen LogP) is 2.82. The molecule has 0 radical (unpaired) electrons. The number of likely N-dealkylation sites (tertiary alicyclic amines) is 1. The molecule has 1 unspecified atom stereocenters. The van der Waals surface area contributed by atoms with Gasteiger partial charge >= 0.3 is 0 Å². The van der Waals surface area contributed by atoms with Crippen molar-refractivity contribution in [1.29, 1.82) is 0 Å². The zero-order chi connectivity index (χ0) is 18.8. The third kappa shape index (κ3) is 6.70. The molecule has 26 heavy (non-hydrogen) atoms. The average molecular weight is 359 g/mol. The molecule has 0 saturated carbocycles. The van der Waals surface area contributed by atoms with Gasteiger partial charge in [0.25, 0.3) is 0 Å². The van der Waals surface area contributed by atoms with Gasteiger partial charge in [-0.2, -0.15) is 0 Å². The second-order valence-corrected chi connectivity index (χ2v) is 7.36. The fourth-order valence-corrected chi connectivity index (χ4v) is 3.31. The summed E-state index contributed by atoms with van der Waals surface area (Å²) in [7, 11) is 1.80. The number of nitrogens with one attached hydrogen (secondary N) is 2. The maximum absolute atomic E-state index is 12.1. The summed E-state index contributed by atoms with van der Waals surface area (Å²) in [5.74, 6) is 1.16. The van der Waals surface area contributed by atoms with Crippen LogP contribution in [0.5, 0.6) is 0 Å². The van der Waals surface area contributed by atoms with Gasteiger partial charge in [0.15, 0.2) is 5.96 Å². The van der Waals surface area contributed by atoms with Crippen molar-refractivity contribution in [3.63, 3.8) is 0 Å². The van der Waals surface area contributed by atoms with Crippen molar-refractivity contribution in [2.24, 2.45) is 10.9 Å². The highest BCUT2D eigenvalue weighted by Gasteiger charge is 2.27. The van der Waals surface area contributed by atoms with Gasteiger partial charge in [0, 0.05) is 38.6 Å². The van der Waals surface area contributed by atoms with Gasteiger partial charge in [-0.15, -0.1) is 0 Å². The normalized spacial score (nSPS) is 17.6. The maximum Gasteiger partial charge on any atom is 0.225 e. The van der Waals surface area contributed by atoms with E-state index in [9.17, 15) is 4.79 Å². The number of rotatable bonds is 8. The fraction of sp³-hybridized carbons (Fsp3) is 0.619. The topological polar surface area (TPSA) is 56.7 Å². The van der Waals surface area contributed by atoms with Crippen LogP contribution in [0.15, 0.2) is 35.3 Å². The number of carbonyl (C=O) groups is 1. The van der Waals surface area contributed by atoms with Gasteiger partial charge in [-0.25, -0.2) is 0 Å². The quantitative estimate of drug-likeness (QED) is 0.427. The van der Waals surface area contributed by atoms with Crippen molar-refractivity contribution >= 4 is 11.9 Å².